The smallest absolute Gasteiger partial charge is 0.407 e. The van der Waals surface area contributed by atoms with Gasteiger partial charge in [-0.05, 0) is 33.1 Å². The molecule has 0 aromatic rings. The molecule has 0 saturated heterocycles. The molecule has 2 N–H and O–H groups in total. The summed E-state index contributed by atoms with van der Waals surface area (Å²) in [6.45, 7) is 13.5. The Kier molecular flexibility index (Phi) is 8.48. The predicted octanol–water partition coefficient (Wildman–Crippen LogP) is 3.09. The van der Waals surface area contributed by atoms with Crippen molar-refractivity contribution >= 4 is 6.09 Å². The number of alkyl carbamates (subject to hydrolysis) is 1. The fraction of sp³-hybridized carbons (Fsp3) is 0.800. The van der Waals surface area contributed by atoms with E-state index in [-0.39, 0.29) is 6.09 Å². The van der Waals surface area contributed by atoms with E-state index in [2.05, 4.69) is 31.4 Å². The second-order valence-electron chi connectivity index (χ2n) is 6.02. The van der Waals surface area contributed by atoms with E-state index in [1.165, 1.54) is 0 Å². The molecule has 0 spiro atoms. The fourth-order valence-corrected chi connectivity index (χ4v) is 1.69. The number of ether oxygens (including phenoxy) is 1. The molecule has 1 atom stereocenters. The van der Waals surface area contributed by atoms with E-state index in [1.807, 2.05) is 32.9 Å². The van der Waals surface area contributed by atoms with Crippen molar-refractivity contribution in [3.8, 4) is 0 Å². The van der Waals surface area contributed by atoms with Crippen LogP contribution >= 0.6 is 0 Å². The normalized spacial score (nSPS) is 13.8. The van der Waals surface area contributed by atoms with Crippen LogP contribution in [0.2, 0.25) is 0 Å². The van der Waals surface area contributed by atoms with Gasteiger partial charge in [0.25, 0.3) is 0 Å². The predicted molar refractivity (Wildman–Crippen MR) is 80.3 cm³/mol. The molecule has 112 valence electrons. The summed E-state index contributed by atoms with van der Waals surface area (Å²) in [5, 5.41) is 6.15. The first kappa shape index (κ1) is 18.0. The Labute approximate surface area is 118 Å². The van der Waals surface area contributed by atoms with Crippen molar-refractivity contribution < 1.29 is 9.53 Å². The summed E-state index contributed by atoms with van der Waals surface area (Å²) < 4.78 is 5.13. The summed E-state index contributed by atoms with van der Waals surface area (Å²) in [5.74, 6) is 0.637. The fourth-order valence-electron chi connectivity index (χ4n) is 1.69. The number of carbonyl (C=O) groups excluding carboxylic acids is 1. The maximum atomic E-state index is 11.4. The van der Waals surface area contributed by atoms with E-state index in [0.29, 0.717) is 18.5 Å². The van der Waals surface area contributed by atoms with E-state index in [4.69, 9.17) is 4.74 Å². The zero-order valence-corrected chi connectivity index (χ0v) is 13.2. The molecule has 0 aromatic heterocycles. The van der Waals surface area contributed by atoms with Gasteiger partial charge in [-0.15, -0.1) is 0 Å². The number of amides is 1. The minimum Gasteiger partial charge on any atom is -0.444 e. The molecule has 19 heavy (non-hydrogen) atoms. The van der Waals surface area contributed by atoms with Crippen LogP contribution in [-0.4, -0.2) is 30.8 Å². The first-order valence-electron chi connectivity index (χ1n) is 7.11. The van der Waals surface area contributed by atoms with E-state index in [1.54, 1.807) is 0 Å². The molecule has 0 bridgehead atoms. The van der Waals surface area contributed by atoms with E-state index < -0.39 is 5.60 Å². The van der Waals surface area contributed by atoms with Crippen LogP contribution in [0.1, 0.15) is 48.0 Å². The maximum absolute atomic E-state index is 11.4. The van der Waals surface area contributed by atoms with Gasteiger partial charge in [0.2, 0.25) is 0 Å². The third-order valence-electron chi connectivity index (χ3n) is 2.67. The van der Waals surface area contributed by atoms with E-state index in [9.17, 15) is 4.79 Å². The number of hydrogen-bond acceptors (Lipinski definition) is 3. The average Bonchev–Trinajstić information content (AvgIpc) is 2.25. The zero-order chi connectivity index (χ0) is 14.9. The van der Waals surface area contributed by atoms with Gasteiger partial charge in [-0.3, -0.25) is 0 Å². The molecular formula is C15H30N2O2. The number of nitrogens with one attached hydrogen (secondary N) is 2. The van der Waals surface area contributed by atoms with E-state index >= 15 is 0 Å². The Morgan fingerprint density at radius 2 is 1.79 bits per heavy atom. The molecular weight excluding hydrogens is 240 g/mol. The number of hydrogen-bond donors (Lipinski definition) is 2. The van der Waals surface area contributed by atoms with Crippen LogP contribution in [0.15, 0.2) is 12.2 Å². The SMILES string of the molecule is CCC(NC/C=C/CNC(=O)OC(C)(C)C)C(C)C. The van der Waals surface area contributed by atoms with Crippen LogP contribution in [-0.2, 0) is 4.74 Å². The summed E-state index contributed by atoms with van der Waals surface area (Å²) in [6, 6.07) is 0.545. The largest absolute Gasteiger partial charge is 0.444 e. The summed E-state index contributed by atoms with van der Waals surface area (Å²) in [5.41, 5.74) is -0.443. The van der Waals surface area contributed by atoms with Crippen molar-refractivity contribution in [2.24, 2.45) is 5.92 Å². The standard InChI is InChI=1S/C15H30N2O2/c1-7-13(12(2)3)16-10-8-9-11-17-14(18)19-15(4,5)6/h8-9,12-13,16H,7,10-11H2,1-6H3,(H,17,18)/b9-8+. The number of carbonyl (C=O) groups is 1. The van der Waals surface area contributed by atoms with Crippen LogP contribution in [0.5, 0.6) is 0 Å². The van der Waals surface area contributed by atoms with Crippen molar-refractivity contribution in [2.45, 2.75) is 59.6 Å². The van der Waals surface area contributed by atoms with Crippen LogP contribution in [0.4, 0.5) is 4.79 Å². The lowest BCUT2D eigenvalue weighted by Gasteiger charge is -2.20. The Hall–Kier alpha value is -1.03. The highest BCUT2D eigenvalue weighted by molar-refractivity contribution is 5.67. The van der Waals surface area contributed by atoms with Crippen molar-refractivity contribution in [1.82, 2.24) is 10.6 Å². The monoisotopic (exact) mass is 270 g/mol. The van der Waals surface area contributed by atoms with Crippen LogP contribution in [0.25, 0.3) is 0 Å². The molecule has 0 aromatic carbocycles. The third kappa shape index (κ3) is 10.6. The average molecular weight is 270 g/mol. The molecule has 0 aliphatic carbocycles. The highest BCUT2D eigenvalue weighted by Gasteiger charge is 2.14. The minimum atomic E-state index is -0.443. The van der Waals surface area contributed by atoms with E-state index in [0.717, 1.165) is 13.0 Å². The quantitative estimate of drug-likeness (QED) is 0.699. The molecule has 4 nitrogen and oxygen atoms in total. The van der Waals surface area contributed by atoms with Gasteiger partial charge >= 0.3 is 6.09 Å². The third-order valence-corrected chi connectivity index (χ3v) is 2.67. The van der Waals surface area contributed by atoms with Crippen molar-refractivity contribution in [2.75, 3.05) is 13.1 Å². The summed E-state index contributed by atoms with van der Waals surface area (Å²) in [4.78, 5) is 11.4. The summed E-state index contributed by atoms with van der Waals surface area (Å²) >= 11 is 0. The molecule has 0 heterocycles. The summed E-state index contributed by atoms with van der Waals surface area (Å²) in [7, 11) is 0. The van der Waals surface area contributed by atoms with Gasteiger partial charge < -0.3 is 15.4 Å². The molecule has 0 radical (unpaired) electrons. The topological polar surface area (TPSA) is 50.4 Å². The van der Waals surface area contributed by atoms with Gasteiger partial charge in [-0.1, -0.05) is 32.9 Å². The van der Waals surface area contributed by atoms with Gasteiger partial charge in [-0.25, -0.2) is 4.79 Å². The van der Waals surface area contributed by atoms with Crippen LogP contribution < -0.4 is 10.6 Å². The Balaban J connectivity index is 3.72. The minimum absolute atomic E-state index is 0.376. The van der Waals surface area contributed by atoms with Crippen LogP contribution in [0, 0.1) is 5.92 Å². The van der Waals surface area contributed by atoms with Gasteiger partial charge in [-0.2, -0.15) is 0 Å². The highest BCUT2D eigenvalue weighted by Crippen LogP contribution is 2.06. The molecule has 4 heteroatoms. The van der Waals surface area contributed by atoms with Gasteiger partial charge in [0.15, 0.2) is 0 Å². The first-order chi connectivity index (χ1) is 8.76. The second kappa shape index (κ2) is 8.97. The number of rotatable bonds is 7. The van der Waals surface area contributed by atoms with Crippen molar-refractivity contribution in [3.63, 3.8) is 0 Å². The molecule has 0 fully saturated rings. The lowest BCUT2D eigenvalue weighted by molar-refractivity contribution is 0.0534. The van der Waals surface area contributed by atoms with Crippen molar-refractivity contribution in [1.29, 1.82) is 0 Å². The molecule has 0 aliphatic rings. The van der Waals surface area contributed by atoms with Gasteiger partial charge in [0, 0.05) is 19.1 Å². The first-order valence-corrected chi connectivity index (χ1v) is 7.11. The van der Waals surface area contributed by atoms with Gasteiger partial charge in [0.05, 0.1) is 0 Å². The molecule has 1 amide bonds. The summed E-state index contributed by atoms with van der Waals surface area (Å²) in [6.07, 6.45) is 4.72. The van der Waals surface area contributed by atoms with Crippen LogP contribution in [0.3, 0.4) is 0 Å². The second-order valence-corrected chi connectivity index (χ2v) is 6.02. The molecule has 0 aliphatic heterocycles. The Bertz CT molecular complexity index is 280. The van der Waals surface area contributed by atoms with Crippen molar-refractivity contribution in [3.05, 3.63) is 12.2 Å². The maximum Gasteiger partial charge on any atom is 0.407 e. The molecule has 1 unspecified atom stereocenters. The Morgan fingerprint density at radius 1 is 1.21 bits per heavy atom. The molecule has 0 saturated carbocycles. The zero-order valence-electron chi connectivity index (χ0n) is 13.2. The molecule has 0 rings (SSSR count). The lowest BCUT2D eigenvalue weighted by Crippen LogP contribution is -2.33. The van der Waals surface area contributed by atoms with Gasteiger partial charge in [0.1, 0.15) is 5.60 Å². The highest BCUT2D eigenvalue weighted by atomic mass is 16.6. The lowest BCUT2D eigenvalue weighted by atomic mass is 10.0. The Morgan fingerprint density at radius 3 is 2.26 bits per heavy atom.